The first-order valence-electron chi connectivity index (χ1n) is 8.24. The first-order valence-corrected chi connectivity index (χ1v) is 8.24. The van der Waals surface area contributed by atoms with Crippen LogP contribution in [-0.2, 0) is 17.8 Å². The van der Waals surface area contributed by atoms with E-state index in [9.17, 15) is 4.79 Å². The van der Waals surface area contributed by atoms with Crippen LogP contribution in [0.25, 0.3) is 0 Å². The van der Waals surface area contributed by atoms with E-state index >= 15 is 0 Å². The molecule has 1 amide bonds. The van der Waals surface area contributed by atoms with Gasteiger partial charge in [0.2, 0.25) is 5.91 Å². The zero-order valence-electron chi connectivity index (χ0n) is 13.1. The quantitative estimate of drug-likeness (QED) is 0.877. The Labute approximate surface area is 127 Å². The molecule has 3 heteroatoms. The van der Waals surface area contributed by atoms with E-state index in [1.807, 2.05) is 0 Å². The highest BCUT2D eigenvalue weighted by Gasteiger charge is 2.29. The van der Waals surface area contributed by atoms with Crippen molar-refractivity contribution in [1.29, 1.82) is 0 Å². The molecule has 1 fully saturated rings. The minimum Gasteiger partial charge on any atom is -0.352 e. The maximum atomic E-state index is 12.5. The molecule has 1 saturated carbocycles. The van der Waals surface area contributed by atoms with E-state index < -0.39 is 0 Å². The second-order valence-electron chi connectivity index (χ2n) is 6.88. The summed E-state index contributed by atoms with van der Waals surface area (Å²) in [7, 11) is 0. The Morgan fingerprint density at radius 1 is 1.14 bits per heavy atom. The highest BCUT2D eigenvalue weighted by atomic mass is 16.2. The molecule has 0 radical (unpaired) electrons. The largest absolute Gasteiger partial charge is 0.352 e. The van der Waals surface area contributed by atoms with Gasteiger partial charge in [0.15, 0.2) is 0 Å². The number of carbonyl (C=O) groups excluding carboxylic acids is 1. The molecule has 2 N–H and O–H groups in total. The molecule has 1 heterocycles. The standard InChI is InChI=1S/C18H26N2O/c1-12-7-8-16(9-13(12)2)20-18(21)17-10-14-5-3-4-6-15(14)11-19-17/h3-6,12-13,16-17,19H,7-11H2,1-2H3,(H,20,21)/t12?,13?,16?,17-/m0/s1. The Bertz CT molecular complexity index is 514. The maximum Gasteiger partial charge on any atom is 0.237 e. The second-order valence-corrected chi connectivity index (χ2v) is 6.88. The van der Waals surface area contributed by atoms with E-state index in [-0.39, 0.29) is 11.9 Å². The average Bonchev–Trinajstić information content (AvgIpc) is 2.50. The normalized spacial score (nSPS) is 32.3. The van der Waals surface area contributed by atoms with Gasteiger partial charge in [0.05, 0.1) is 6.04 Å². The number of rotatable bonds is 2. The van der Waals surface area contributed by atoms with E-state index in [1.54, 1.807) is 0 Å². The molecule has 3 unspecified atom stereocenters. The lowest BCUT2D eigenvalue weighted by Crippen LogP contribution is -2.51. The number of hydrogen-bond acceptors (Lipinski definition) is 2. The van der Waals surface area contributed by atoms with Gasteiger partial charge in [-0.3, -0.25) is 4.79 Å². The Kier molecular flexibility index (Phi) is 4.29. The van der Waals surface area contributed by atoms with Gasteiger partial charge in [-0.15, -0.1) is 0 Å². The lowest BCUT2D eigenvalue weighted by atomic mass is 9.79. The molecule has 1 aromatic carbocycles. The maximum absolute atomic E-state index is 12.5. The molecule has 114 valence electrons. The van der Waals surface area contributed by atoms with Crippen molar-refractivity contribution >= 4 is 5.91 Å². The first-order chi connectivity index (χ1) is 10.1. The van der Waals surface area contributed by atoms with Crippen LogP contribution in [0, 0.1) is 11.8 Å². The fraction of sp³-hybridized carbons (Fsp3) is 0.611. The summed E-state index contributed by atoms with van der Waals surface area (Å²) < 4.78 is 0. The van der Waals surface area contributed by atoms with Crippen LogP contribution in [-0.4, -0.2) is 18.0 Å². The van der Waals surface area contributed by atoms with Crippen molar-refractivity contribution < 1.29 is 4.79 Å². The second kappa shape index (κ2) is 6.18. The molecular weight excluding hydrogens is 260 g/mol. The number of nitrogens with one attached hydrogen (secondary N) is 2. The molecular formula is C18H26N2O. The lowest BCUT2D eigenvalue weighted by molar-refractivity contribution is -0.124. The van der Waals surface area contributed by atoms with Crippen LogP contribution in [0.2, 0.25) is 0 Å². The third kappa shape index (κ3) is 3.29. The smallest absolute Gasteiger partial charge is 0.237 e. The Balaban J connectivity index is 1.57. The van der Waals surface area contributed by atoms with Crippen molar-refractivity contribution in [1.82, 2.24) is 10.6 Å². The third-order valence-corrected chi connectivity index (χ3v) is 5.34. The fourth-order valence-electron chi connectivity index (χ4n) is 3.62. The van der Waals surface area contributed by atoms with E-state index in [0.29, 0.717) is 12.0 Å². The predicted octanol–water partition coefficient (Wildman–Crippen LogP) is 2.64. The van der Waals surface area contributed by atoms with E-state index in [4.69, 9.17) is 0 Å². The van der Waals surface area contributed by atoms with Crippen LogP contribution in [0.4, 0.5) is 0 Å². The van der Waals surface area contributed by atoms with Crippen LogP contribution in [0.5, 0.6) is 0 Å². The van der Waals surface area contributed by atoms with Crippen LogP contribution in [0.1, 0.15) is 44.2 Å². The minimum absolute atomic E-state index is 0.0745. The summed E-state index contributed by atoms with van der Waals surface area (Å²) in [5.74, 6) is 1.68. The Morgan fingerprint density at radius 3 is 2.67 bits per heavy atom. The van der Waals surface area contributed by atoms with Crippen molar-refractivity contribution in [2.45, 2.75) is 58.2 Å². The van der Waals surface area contributed by atoms with Crippen molar-refractivity contribution in [3.8, 4) is 0 Å². The van der Waals surface area contributed by atoms with Crippen LogP contribution < -0.4 is 10.6 Å². The molecule has 1 aromatic rings. The number of carbonyl (C=O) groups is 1. The topological polar surface area (TPSA) is 41.1 Å². The molecule has 21 heavy (non-hydrogen) atoms. The molecule has 1 aliphatic carbocycles. The molecule has 3 nitrogen and oxygen atoms in total. The van der Waals surface area contributed by atoms with Gasteiger partial charge in [0, 0.05) is 12.6 Å². The summed E-state index contributed by atoms with van der Waals surface area (Å²) in [5.41, 5.74) is 2.63. The number of amides is 1. The number of hydrogen-bond donors (Lipinski definition) is 2. The van der Waals surface area contributed by atoms with Crippen molar-refractivity contribution in [3.05, 3.63) is 35.4 Å². The van der Waals surface area contributed by atoms with Crippen LogP contribution >= 0.6 is 0 Å². The van der Waals surface area contributed by atoms with Gasteiger partial charge < -0.3 is 10.6 Å². The Morgan fingerprint density at radius 2 is 1.90 bits per heavy atom. The van der Waals surface area contributed by atoms with Gasteiger partial charge in [-0.2, -0.15) is 0 Å². The SMILES string of the molecule is CC1CCC(NC(=O)[C@@H]2Cc3ccccc3CN2)CC1C. The molecule has 0 aromatic heterocycles. The van der Waals surface area contributed by atoms with Gasteiger partial charge in [-0.05, 0) is 48.6 Å². The summed E-state index contributed by atoms with van der Waals surface area (Å²) in [4.78, 5) is 12.5. The molecule has 0 spiro atoms. The van der Waals surface area contributed by atoms with Crippen LogP contribution in [0.3, 0.4) is 0 Å². The highest BCUT2D eigenvalue weighted by molar-refractivity contribution is 5.82. The van der Waals surface area contributed by atoms with Gasteiger partial charge in [-0.25, -0.2) is 0 Å². The molecule has 2 aliphatic rings. The zero-order valence-corrected chi connectivity index (χ0v) is 13.1. The molecule has 4 atom stereocenters. The molecule has 3 rings (SSSR count). The van der Waals surface area contributed by atoms with Crippen molar-refractivity contribution in [2.75, 3.05) is 0 Å². The van der Waals surface area contributed by atoms with Crippen LogP contribution in [0.15, 0.2) is 24.3 Å². The number of benzene rings is 1. The average molecular weight is 286 g/mol. The first kappa shape index (κ1) is 14.6. The minimum atomic E-state index is -0.0745. The molecule has 1 aliphatic heterocycles. The zero-order chi connectivity index (χ0) is 14.8. The van der Waals surface area contributed by atoms with E-state index in [0.717, 1.165) is 31.7 Å². The van der Waals surface area contributed by atoms with Gasteiger partial charge >= 0.3 is 0 Å². The van der Waals surface area contributed by atoms with Gasteiger partial charge in [-0.1, -0.05) is 38.1 Å². The predicted molar refractivity (Wildman–Crippen MR) is 84.9 cm³/mol. The monoisotopic (exact) mass is 286 g/mol. The van der Waals surface area contributed by atoms with Crippen molar-refractivity contribution in [3.63, 3.8) is 0 Å². The van der Waals surface area contributed by atoms with Gasteiger partial charge in [0.1, 0.15) is 0 Å². The lowest BCUT2D eigenvalue weighted by Gasteiger charge is -2.34. The summed E-state index contributed by atoms with van der Waals surface area (Å²) in [6.45, 7) is 5.42. The summed E-state index contributed by atoms with van der Waals surface area (Å²) >= 11 is 0. The van der Waals surface area contributed by atoms with E-state index in [1.165, 1.54) is 17.5 Å². The van der Waals surface area contributed by atoms with Crippen molar-refractivity contribution in [2.24, 2.45) is 11.8 Å². The summed E-state index contributed by atoms with van der Waals surface area (Å²) in [6, 6.07) is 8.69. The third-order valence-electron chi connectivity index (χ3n) is 5.34. The summed E-state index contributed by atoms with van der Waals surface area (Å²) in [6.07, 6.45) is 4.28. The molecule has 0 saturated heterocycles. The number of fused-ring (bicyclic) bond motifs is 1. The highest BCUT2D eigenvalue weighted by Crippen LogP contribution is 2.29. The Hall–Kier alpha value is -1.35. The van der Waals surface area contributed by atoms with E-state index in [2.05, 4.69) is 48.7 Å². The summed E-state index contributed by atoms with van der Waals surface area (Å²) in [5, 5.41) is 6.64. The fourth-order valence-corrected chi connectivity index (χ4v) is 3.62. The van der Waals surface area contributed by atoms with Gasteiger partial charge in [0.25, 0.3) is 0 Å². The molecule has 0 bridgehead atoms.